The second kappa shape index (κ2) is 5.01. The summed E-state index contributed by atoms with van der Waals surface area (Å²) in [7, 11) is 0. The van der Waals surface area contributed by atoms with Crippen molar-refractivity contribution in [2.24, 2.45) is 0 Å². The number of hydrogen-bond acceptors (Lipinski definition) is 4. The molecule has 5 heteroatoms. The third kappa shape index (κ3) is 2.27. The number of aromatic nitrogens is 3. The fraction of sp³-hybridized carbons (Fsp3) is 0.188. The Bertz CT molecular complexity index is 819. The highest BCUT2D eigenvalue weighted by atomic mass is 16.3. The lowest BCUT2D eigenvalue weighted by Crippen LogP contribution is -2.08. The molecule has 106 valence electrons. The van der Waals surface area contributed by atoms with Crippen LogP contribution in [-0.2, 0) is 6.42 Å². The van der Waals surface area contributed by atoms with Gasteiger partial charge in [-0.1, -0.05) is 6.92 Å². The molecule has 0 unspecified atom stereocenters. The van der Waals surface area contributed by atoms with E-state index in [0.29, 0.717) is 23.5 Å². The summed E-state index contributed by atoms with van der Waals surface area (Å²) >= 11 is 0. The van der Waals surface area contributed by atoms with Gasteiger partial charge in [0.25, 0.3) is 0 Å². The van der Waals surface area contributed by atoms with E-state index in [4.69, 9.17) is 0 Å². The van der Waals surface area contributed by atoms with Crippen LogP contribution in [0.25, 0.3) is 5.78 Å². The first-order valence-electron chi connectivity index (χ1n) is 6.77. The maximum atomic E-state index is 12.8. The number of aromatic hydroxyl groups is 1. The molecule has 0 spiro atoms. The van der Waals surface area contributed by atoms with Gasteiger partial charge in [-0.15, -0.1) is 0 Å². The van der Waals surface area contributed by atoms with E-state index >= 15 is 0 Å². The zero-order valence-corrected chi connectivity index (χ0v) is 11.9. The van der Waals surface area contributed by atoms with Crippen LogP contribution in [0.3, 0.4) is 0 Å². The smallest absolute Gasteiger partial charge is 0.234 e. The van der Waals surface area contributed by atoms with Gasteiger partial charge in [0.05, 0.1) is 5.69 Å². The van der Waals surface area contributed by atoms with Gasteiger partial charge in [0.1, 0.15) is 11.4 Å². The van der Waals surface area contributed by atoms with E-state index in [1.165, 1.54) is 12.1 Å². The van der Waals surface area contributed by atoms with E-state index in [1.807, 2.05) is 20.0 Å². The molecule has 3 aromatic rings. The summed E-state index contributed by atoms with van der Waals surface area (Å²) in [5.41, 5.74) is 2.74. The normalized spacial score (nSPS) is 11.0. The Kier molecular flexibility index (Phi) is 3.17. The number of benzene rings is 1. The molecule has 0 bridgehead atoms. The molecule has 0 aliphatic carbocycles. The van der Waals surface area contributed by atoms with Gasteiger partial charge >= 0.3 is 0 Å². The average Bonchev–Trinajstić information content (AvgIpc) is 2.85. The van der Waals surface area contributed by atoms with Gasteiger partial charge in [0, 0.05) is 18.0 Å². The van der Waals surface area contributed by atoms with Crippen LogP contribution in [0, 0.1) is 6.92 Å². The molecular formula is C16H15N3O2. The van der Waals surface area contributed by atoms with Gasteiger partial charge in [-0.3, -0.25) is 9.20 Å². The lowest BCUT2D eigenvalue weighted by molar-refractivity contribution is 0.103. The Morgan fingerprint density at radius 3 is 2.67 bits per heavy atom. The van der Waals surface area contributed by atoms with Gasteiger partial charge in [0.15, 0.2) is 0 Å². The highest BCUT2D eigenvalue weighted by Gasteiger charge is 2.20. The third-order valence-corrected chi connectivity index (χ3v) is 3.36. The number of aryl methyl sites for hydroxylation is 2. The number of phenols is 1. The fourth-order valence-corrected chi connectivity index (χ4v) is 2.31. The molecule has 3 rings (SSSR count). The molecule has 2 aromatic heterocycles. The fourth-order valence-electron chi connectivity index (χ4n) is 2.31. The van der Waals surface area contributed by atoms with Crippen LogP contribution >= 0.6 is 0 Å². The van der Waals surface area contributed by atoms with E-state index < -0.39 is 0 Å². The molecule has 1 aromatic carbocycles. The number of hydrogen-bond donors (Lipinski definition) is 1. The van der Waals surface area contributed by atoms with Crippen LogP contribution < -0.4 is 0 Å². The van der Waals surface area contributed by atoms with Crippen molar-refractivity contribution in [3.63, 3.8) is 0 Å². The number of phenolic OH excluding ortho intramolecular Hbond substituents is 1. The summed E-state index contributed by atoms with van der Waals surface area (Å²) in [6.45, 7) is 3.88. The minimum Gasteiger partial charge on any atom is -0.508 e. The average molecular weight is 281 g/mol. The van der Waals surface area contributed by atoms with Crippen molar-refractivity contribution >= 4 is 11.6 Å². The number of carbonyl (C=O) groups excluding carboxylic acids is 1. The quantitative estimate of drug-likeness (QED) is 0.749. The Morgan fingerprint density at radius 1 is 1.29 bits per heavy atom. The zero-order valence-electron chi connectivity index (χ0n) is 11.9. The maximum Gasteiger partial charge on any atom is 0.234 e. The second-order valence-corrected chi connectivity index (χ2v) is 4.94. The molecule has 0 aliphatic rings. The van der Waals surface area contributed by atoms with Crippen molar-refractivity contribution in [2.75, 3.05) is 0 Å². The Hall–Kier alpha value is -2.69. The van der Waals surface area contributed by atoms with Crippen LogP contribution in [0.4, 0.5) is 0 Å². The molecule has 21 heavy (non-hydrogen) atoms. The summed E-state index contributed by atoms with van der Waals surface area (Å²) in [5.74, 6) is 0.546. The van der Waals surface area contributed by atoms with E-state index in [1.54, 1.807) is 22.7 Å². The van der Waals surface area contributed by atoms with Crippen molar-refractivity contribution in [1.29, 1.82) is 0 Å². The van der Waals surface area contributed by atoms with Gasteiger partial charge in [-0.2, -0.15) is 0 Å². The number of fused-ring (bicyclic) bond motifs is 1. The summed E-state index contributed by atoms with van der Waals surface area (Å²) in [6.07, 6.45) is 4.25. The maximum absolute atomic E-state index is 12.8. The Morgan fingerprint density at radius 2 is 2.00 bits per heavy atom. The number of carbonyl (C=O) groups is 1. The van der Waals surface area contributed by atoms with Gasteiger partial charge in [-0.25, -0.2) is 9.97 Å². The molecule has 0 amide bonds. The SMILES string of the molecule is CCc1nc2ncc(C)cn2c1C(=O)c1ccc(O)cc1. The number of ketones is 1. The monoisotopic (exact) mass is 281 g/mol. The zero-order chi connectivity index (χ0) is 15.0. The van der Waals surface area contributed by atoms with Crippen molar-refractivity contribution in [1.82, 2.24) is 14.4 Å². The first-order valence-corrected chi connectivity index (χ1v) is 6.77. The summed E-state index contributed by atoms with van der Waals surface area (Å²) in [6, 6.07) is 6.23. The van der Waals surface area contributed by atoms with Crippen molar-refractivity contribution in [2.45, 2.75) is 20.3 Å². The van der Waals surface area contributed by atoms with E-state index in [9.17, 15) is 9.90 Å². The highest BCUT2D eigenvalue weighted by molar-refractivity contribution is 6.09. The summed E-state index contributed by atoms with van der Waals surface area (Å²) in [5, 5.41) is 9.34. The number of rotatable bonds is 3. The minimum atomic E-state index is -0.119. The van der Waals surface area contributed by atoms with E-state index in [2.05, 4.69) is 9.97 Å². The van der Waals surface area contributed by atoms with E-state index in [0.717, 1.165) is 11.3 Å². The second-order valence-electron chi connectivity index (χ2n) is 4.94. The standard InChI is InChI=1S/C16H15N3O2/c1-3-13-14(15(21)11-4-6-12(20)7-5-11)19-9-10(2)8-17-16(19)18-13/h4-9,20H,3H2,1-2H3. The van der Waals surface area contributed by atoms with Crippen LogP contribution in [0.15, 0.2) is 36.7 Å². The summed E-state index contributed by atoms with van der Waals surface area (Å²) in [4.78, 5) is 21.4. The number of nitrogens with zero attached hydrogens (tertiary/aromatic N) is 3. The first-order chi connectivity index (χ1) is 10.1. The van der Waals surface area contributed by atoms with Gasteiger partial charge < -0.3 is 5.11 Å². The molecule has 0 saturated heterocycles. The molecule has 0 fully saturated rings. The Labute approximate surface area is 121 Å². The van der Waals surface area contributed by atoms with Crippen molar-refractivity contribution in [3.05, 3.63) is 59.2 Å². The molecule has 0 atom stereocenters. The lowest BCUT2D eigenvalue weighted by Gasteiger charge is -2.04. The Balaban J connectivity index is 2.20. The molecule has 0 saturated carbocycles. The molecule has 1 N–H and O–H groups in total. The predicted octanol–water partition coefficient (Wildman–Crippen LogP) is 2.54. The molecule has 0 aliphatic heterocycles. The van der Waals surface area contributed by atoms with Crippen LogP contribution in [-0.4, -0.2) is 25.3 Å². The molecule has 5 nitrogen and oxygen atoms in total. The van der Waals surface area contributed by atoms with Crippen molar-refractivity contribution in [3.8, 4) is 5.75 Å². The van der Waals surface area contributed by atoms with Crippen LogP contribution in [0.2, 0.25) is 0 Å². The molecule has 0 radical (unpaired) electrons. The molecule has 2 heterocycles. The lowest BCUT2D eigenvalue weighted by atomic mass is 10.1. The topological polar surface area (TPSA) is 67.5 Å². The number of imidazole rings is 1. The van der Waals surface area contributed by atoms with Crippen molar-refractivity contribution < 1.29 is 9.90 Å². The summed E-state index contributed by atoms with van der Waals surface area (Å²) < 4.78 is 1.74. The molecular weight excluding hydrogens is 266 g/mol. The third-order valence-electron chi connectivity index (χ3n) is 3.36. The van der Waals surface area contributed by atoms with Gasteiger partial charge in [0.2, 0.25) is 11.6 Å². The first kappa shape index (κ1) is 13.3. The van der Waals surface area contributed by atoms with Crippen LogP contribution in [0.1, 0.15) is 34.2 Å². The largest absolute Gasteiger partial charge is 0.508 e. The predicted molar refractivity (Wildman–Crippen MR) is 78.6 cm³/mol. The minimum absolute atomic E-state index is 0.119. The van der Waals surface area contributed by atoms with Crippen LogP contribution in [0.5, 0.6) is 5.75 Å². The van der Waals surface area contributed by atoms with Gasteiger partial charge in [-0.05, 0) is 43.2 Å². The highest BCUT2D eigenvalue weighted by Crippen LogP contribution is 2.19. The van der Waals surface area contributed by atoms with E-state index in [-0.39, 0.29) is 11.5 Å².